The molecule has 74 heavy (non-hydrogen) atoms. The minimum Gasteiger partial charge on any atom is -0.459 e. The van der Waals surface area contributed by atoms with Crippen LogP contribution in [-0.4, -0.2) is 87.7 Å². The van der Waals surface area contributed by atoms with Crippen molar-refractivity contribution in [3.63, 3.8) is 0 Å². The van der Waals surface area contributed by atoms with Crippen LogP contribution in [0.2, 0.25) is 0 Å². The van der Waals surface area contributed by atoms with Crippen molar-refractivity contribution in [2.45, 2.75) is 101 Å². The van der Waals surface area contributed by atoms with Crippen LogP contribution in [0.25, 0.3) is 0 Å². The fourth-order valence-electron chi connectivity index (χ4n) is 9.09. The molecule has 7 aromatic rings. The van der Waals surface area contributed by atoms with E-state index in [1.54, 1.807) is 31.4 Å². The zero-order valence-corrected chi connectivity index (χ0v) is 41.5. The van der Waals surface area contributed by atoms with E-state index >= 15 is 0 Å². The number of hydrogen-bond acceptors (Lipinski definition) is 12. The quantitative estimate of drug-likeness (QED) is 0.0507. The van der Waals surface area contributed by atoms with Crippen LogP contribution in [0.3, 0.4) is 0 Å². The van der Waals surface area contributed by atoms with Gasteiger partial charge < -0.3 is 52.1 Å². The minimum atomic E-state index is -1.18. The molecule has 384 valence electrons. The van der Waals surface area contributed by atoms with Gasteiger partial charge in [0, 0.05) is 7.11 Å². The van der Waals surface area contributed by atoms with E-state index in [0.717, 1.165) is 33.4 Å². The first kappa shape index (κ1) is 52.5. The molecule has 0 aromatic heterocycles. The van der Waals surface area contributed by atoms with Crippen molar-refractivity contribution in [2.75, 3.05) is 20.3 Å². The topological polar surface area (TPSA) is 119 Å². The number of hydrogen-bond donors (Lipinski definition) is 0. The third kappa shape index (κ3) is 14.9. The van der Waals surface area contributed by atoms with Crippen molar-refractivity contribution < 1.29 is 56.9 Å². The molecule has 2 fully saturated rings. The van der Waals surface area contributed by atoms with Gasteiger partial charge in [0.1, 0.15) is 55.4 Å². The number of benzene rings is 7. The van der Waals surface area contributed by atoms with E-state index in [4.69, 9.17) is 52.1 Å². The van der Waals surface area contributed by atoms with Crippen LogP contribution in [-0.2, 0) is 91.7 Å². The highest BCUT2D eigenvalue weighted by molar-refractivity contribution is 5.89. The first-order valence-corrected chi connectivity index (χ1v) is 25.2. The lowest BCUT2D eigenvalue weighted by molar-refractivity contribution is -0.375. The number of rotatable bonds is 25. The zero-order valence-electron chi connectivity index (χ0n) is 41.5. The van der Waals surface area contributed by atoms with Crippen LogP contribution < -0.4 is 0 Å². The molecule has 0 saturated carbocycles. The standard InChI is InChI=1S/C62H64O12/c1-64-61-58(69-41-49-31-17-6-18-32-49)57(68-40-48-29-15-5-16-30-48)55(53(72-61)44-71-60(63)51-35-21-8-22-36-51)74-62-59(70-42-50-33-19-7-20-34-50)56(67-39-47-27-13-4-14-28-47)54(66-38-46-25-11-3-12-26-46)52(73-62)43-65-37-45-23-9-2-10-24-45/h2-36,52-59,61-62H,37-44H2,1H3/t52-,53-,54-,55+,56+,57+,58-,59+,61-,62+/m1/s1. The molecule has 12 heteroatoms. The van der Waals surface area contributed by atoms with Gasteiger partial charge in [-0.25, -0.2) is 4.79 Å². The van der Waals surface area contributed by atoms with Gasteiger partial charge in [0.15, 0.2) is 12.6 Å². The summed E-state index contributed by atoms with van der Waals surface area (Å²) in [6.45, 7) is 1.24. The van der Waals surface area contributed by atoms with Crippen molar-refractivity contribution in [3.8, 4) is 0 Å². The number of carbonyl (C=O) groups is 1. The van der Waals surface area contributed by atoms with Gasteiger partial charge in [0.2, 0.25) is 0 Å². The highest BCUT2D eigenvalue weighted by atomic mass is 16.8. The SMILES string of the molecule is CO[C@@H]1O[C@H](COC(=O)c2ccccc2)[C@H](O[C@@H]2O[C@H](COCc3ccccc3)[C@@H](OCc3ccccc3)[C@H](OCc3ccccc3)[C@@H]2OCc2ccccc2)[C@H](OCc2ccccc2)[C@H]1OCc1ccccc1. The van der Waals surface area contributed by atoms with Crippen LogP contribution in [0.1, 0.15) is 43.7 Å². The van der Waals surface area contributed by atoms with Gasteiger partial charge in [-0.15, -0.1) is 0 Å². The van der Waals surface area contributed by atoms with Crippen molar-refractivity contribution in [2.24, 2.45) is 0 Å². The van der Waals surface area contributed by atoms with Crippen LogP contribution in [0.4, 0.5) is 0 Å². The van der Waals surface area contributed by atoms with Gasteiger partial charge in [-0.3, -0.25) is 0 Å². The number of ether oxygens (including phenoxy) is 11. The molecule has 2 heterocycles. The molecule has 2 aliphatic heterocycles. The molecule has 7 aromatic carbocycles. The normalized spacial score (nSPS) is 23.7. The minimum absolute atomic E-state index is 0.104. The molecule has 2 saturated heterocycles. The Balaban J connectivity index is 1.12. The maximum atomic E-state index is 13.7. The largest absolute Gasteiger partial charge is 0.459 e. The van der Waals surface area contributed by atoms with Crippen LogP contribution in [0, 0.1) is 0 Å². The van der Waals surface area contributed by atoms with Gasteiger partial charge in [-0.05, 0) is 45.5 Å². The molecule has 0 unspecified atom stereocenters. The summed E-state index contributed by atoms with van der Waals surface area (Å²) in [7, 11) is 1.55. The smallest absolute Gasteiger partial charge is 0.338 e. The summed E-state index contributed by atoms with van der Waals surface area (Å²) in [6, 6.07) is 68.3. The van der Waals surface area contributed by atoms with Crippen molar-refractivity contribution in [3.05, 3.63) is 251 Å². The number of esters is 1. The van der Waals surface area contributed by atoms with E-state index in [9.17, 15) is 4.79 Å². The second kappa shape index (κ2) is 27.8. The average molecular weight is 1000 g/mol. The predicted molar refractivity (Wildman–Crippen MR) is 277 cm³/mol. The summed E-state index contributed by atoms with van der Waals surface area (Å²) in [4.78, 5) is 13.7. The fraction of sp³-hybridized carbons (Fsp3) is 0.306. The van der Waals surface area contributed by atoms with E-state index < -0.39 is 67.4 Å². The summed E-state index contributed by atoms with van der Waals surface area (Å²) >= 11 is 0. The van der Waals surface area contributed by atoms with Crippen molar-refractivity contribution >= 4 is 5.97 Å². The zero-order chi connectivity index (χ0) is 50.6. The predicted octanol–water partition coefficient (Wildman–Crippen LogP) is 10.5. The summed E-state index contributed by atoms with van der Waals surface area (Å²) in [5.41, 5.74) is 6.09. The molecule has 0 bridgehead atoms. The fourth-order valence-corrected chi connectivity index (χ4v) is 9.09. The molecule has 2 aliphatic rings. The maximum Gasteiger partial charge on any atom is 0.338 e. The first-order chi connectivity index (χ1) is 36.6. The van der Waals surface area contributed by atoms with Gasteiger partial charge in [-0.1, -0.05) is 200 Å². The molecular formula is C62H64O12. The Bertz CT molecular complexity index is 2650. The van der Waals surface area contributed by atoms with E-state index in [1.165, 1.54) is 0 Å². The second-order valence-corrected chi connectivity index (χ2v) is 18.2. The number of methoxy groups -OCH3 is 1. The molecule has 0 spiro atoms. The lowest BCUT2D eigenvalue weighted by atomic mass is 9.95. The van der Waals surface area contributed by atoms with Gasteiger partial charge in [0.25, 0.3) is 0 Å². The van der Waals surface area contributed by atoms with Crippen LogP contribution >= 0.6 is 0 Å². The monoisotopic (exact) mass is 1000 g/mol. The molecular weight excluding hydrogens is 937 g/mol. The Morgan fingerprint density at radius 1 is 0.365 bits per heavy atom. The lowest BCUT2D eigenvalue weighted by Gasteiger charge is -2.50. The molecule has 12 nitrogen and oxygen atoms in total. The van der Waals surface area contributed by atoms with Gasteiger partial charge in [-0.2, -0.15) is 0 Å². The Morgan fingerprint density at radius 3 is 1.11 bits per heavy atom. The Labute approximate surface area is 433 Å². The first-order valence-electron chi connectivity index (χ1n) is 25.2. The summed E-state index contributed by atoms with van der Waals surface area (Å²) in [5, 5.41) is 0. The van der Waals surface area contributed by atoms with E-state index in [2.05, 4.69) is 0 Å². The highest BCUT2D eigenvalue weighted by Crippen LogP contribution is 2.37. The van der Waals surface area contributed by atoms with E-state index in [-0.39, 0.29) is 46.2 Å². The molecule has 0 radical (unpaired) electrons. The Kier molecular flexibility index (Phi) is 19.7. The third-order valence-electron chi connectivity index (χ3n) is 12.9. The Hall–Kier alpha value is -6.39. The highest BCUT2D eigenvalue weighted by Gasteiger charge is 2.55. The van der Waals surface area contributed by atoms with Gasteiger partial charge in [0.05, 0.1) is 51.8 Å². The summed E-state index contributed by atoms with van der Waals surface area (Å²) in [6.07, 6.45) is -9.17. The summed E-state index contributed by atoms with van der Waals surface area (Å²) < 4.78 is 75.0. The van der Waals surface area contributed by atoms with E-state index in [1.807, 2.05) is 188 Å². The third-order valence-corrected chi connectivity index (χ3v) is 12.9. The molecule has 10 atom stereocenters. The second-order valence-electron chi connectivity index (χ2n) is 18.2. The maximum absolute atomic E-state index is 13.7. The van der Waals surface area contributed by atoms with Crippen molar-refractivity contribution in [1.29, 1.82) is 0 Å². The molecule has 9 rings (SSSR count). The molecule has 0 N–H and O–H groups in total. The van der Waals surface area contributed by atoms with Crippen LogP contribution in [0.5, 0.6) is 0 Å². The summed E-state index contributed by atoms with van der Waals surface area (Å²) in [5.74, 6) is -0.535. The Morgan fingerprint density at radius 2 is 0.689 bits per heavy atom. The molecule has 0 amide bonds. The van der Waals surface area contributed by atoms with Crippen molar-refractivity contribution in [1.82, 2.24) is 0 Å². The van der Waals surface area contributed by atoms with Crippen LogP contribution in [0.15, 0.2) is 212 Å². The van der Waals surface area contributed by atoms with E-state index in [0.29, 0.717) is 12.2 Å². The van der Waals surface area contributed by atoms with Gasteiger partial charge >= 0.3 is 5.97 Å². The molecule has 0 aliphatic carbocycles. The lowest BCUT2D eigenvalue weighted by Crippen LogP contribution is -2.66. The average Bonchev–Trinajstić information content (AvgIpc) is 3.47. The number of carbonyl (C=O) groups excluding carboxylic acids is 1.